The van der Waals surface area contributed by atoms with Crippen molar-refractivity contribution in [1.82, 2.24) is 5.43 Å². The van der Waals surface area contributed by atoms with E-state index in [2.05, 4.69) is 10.5 Å². The van der Waals surface area contributed by atoms with Crippen molar-refractivity contribution in [2.24, 2.45) is 5.10 Å². The first-order valence-corrected chi connectivity index (χ1v) is 12.4. The van der Waals surface area contributed by atoms with Crippen molar-refractivity contribution in [3.05, 3.63) is 88.9 Å². The van der Waals surface area contributed by atoms with E-state index in [1.54, 1.807) is 30.3 Å². The van der Waals surface area contributed by atoms with Gasteiger partial charge in [0.15, 0.2) is 0 Å². The van der Waals surface area contributed by atoms with Gasteiger partial charge in [0.25, 0.3) is 5.91 Å². The molecule has 0 heterocycles. The number of hydrogen-bond acceptors (Lipinski definition) is 6. The van der Waals surface area contributed by atoms with E-state index in [0.717, 1.165) is 21.7 Å². The van der Waals surface area contributed by atoms with E-state index in [1.807, 2.05) is 30.3 Å². The molecule has 3 aromatic rings. The van der Waals surface area contributed by atoms with Crippen LogP contribution in [0.5, 0.6) is 11.5 Å². The molecule has 34 heavy (non-hydrogen) atoms. The predicted octanol–water partition coefficient (Wildman–Crippen LogP) is 3.84. The maximum atomic E-state index is 12.4. The minimum absolute atomic E-state index is 0.155. The monoisotopic (exact) mass is 501 g/mol. The summed E-state index contributed by atoms with van der Waals surface area (Å²) in [4.78, 5) is 12.4. The Balaban J connectivity index is 1.59. The van der Waals surface area contributed by atoms with E-state index in [-0.39, 0.29) is 11.4 Å². The fourth-order valence-electron chi connectivity index (χ4n) is 2.97. The Morgan fingerprint density at radius 2 is 1.79 bits per heavy atom. The van der Waals surface area contributed by atoms with Crippen molar-refractivity contribution >= 4 is 39.4 Å². The van der Waals surface area contributed by atoms with E-state index >= 15 is 0 Å². The van der Waals surface area contributed by atoms with Gasteiger partial charge >= 0.3 is 0 Å². The summed E-state index contributed by atoms with van der Waals surface area (Å²) < 4.78 is 36.5. The van der Waals surface area contributed by atoms with Crippen LogP contribution in [0.3, 0.4) is 0 Å². The van der Waals surface area contributed by atoms with Gasteiger partial charge in [-0.05, 0) is 53.6 Å². The van der Waals surface area contributed by atoms with E-state index < -0.39 is 22.5 Å². The molecule has 178 valence electrons. The summed E-state index contributed by atoms with van der Waals surface area (Å²) in [6.45, 7) is -0.0439. The second-order valence-corrected chi connectivity index (χ2v) is 9.57. The first kappa shape index (κ1) is 25.1. The van der Waals surface area contributed by atoms with Crippen LogP contribution >= 0.6 is 11.6 Å². The smallest absolute Gasteiger partial charge is 0.260 e. The van der Waals surface area contributed by atoms with Crippen LogP contribution in [0, 0.1) is 0 Å². The molecule has 0 aromatic heterocycles. The third-order valence-electron chi connectivity index (χ3n) is 4.63. The largest absolute Gasteiger partial charge is 0.495 e. The van der Waals surface area contributed by atoms with Crippen molar-refractivity contribution in [3.8, 4) is 11.5 Å². The van der Waals surface area contributed by atoms with Gasteiger partial charge in [0.2, 0.25) is 10.0 Å². The summed E-state index contributed by atoms with van der Waals surface area (Å²) >= 11 is 6.01. The van der Waals surface area contributed by atoms with Gasteiger partial charge in [0, 0.05) is 5.02 Å². The molecule has 0 saturated carbocycles. The number of anilines is 1. The maximum absolute atomic E-state index is 12.4. The predicted molar refractivity (Wildman–Crippen MR) is 133 cm³/mol. The number of halogens is 1. The lowest BCUT2D eigenvalue weighted by Crippen LogP contribution is -2.39. The molecule has 0 fully saturated rings. The van der Waals surface area contributed by atoms with E-state index in [9.17, 15) is 13.2 Å². The fourth-order valence-corrected chi connectivity index (χ4v) is 3.99. The highest BCUT2D eigenvalue weighted by Crippen LogP contribution is 2.32. The highest BCUT2D eigenvalue weighted by atomic mass is 35.5. The number of nitrogens with zero attached hydrogens (tertiary/aromatic N) is 2. The van der Waals surface area contributed by atoms with E-state index in [0.29, 0.717) is 17.4 Å². The molecular weight excluding hydrogens is 478 g/mol. The maximum Gasteiger partial charge on any atom is 0.260 e. The standard InChI is InChI=1S/C24H24ClN3O5S/c1-32-23-13-10-20(25)14-22(23)28(34(2,30)31)16-24(29)27-26-15-18-8-11-21(12-9-18)33-17-19-6-4-3-5-7-19/h3-15H,16-17H2,1-2H3,(H,27,29)/b26-15-. The molecule has 0 aliphatic heterocycles. The molecule has 0 bridgehead atoms. The lowest BCUT2D eigenvalue weighted by Gasteiger charge is -2.23. The Morgan fingerprint density at radius 1 is 1.09 bits per heavy atom. The Kier molecular flexibility index (Phi) is 8.50. The Labute approximate surface area is 203 Å². The first-order valence-electron chi connectivity index (χ1n) is 10.2. The third-order valence-corrected chi connectivity index (χ3v) is 5.99. The van der Waals surface area contributed by atoms with Crippen LogP contribution in [0.4, 0.5) is 5.69 Å². The lowest BCUT2D eigenvalue weighted by molar-refractivity contribution is -0.119. The second kappa shape index (κ2) is 11.5. The molecule has 8 nitrogen and oxygen atoms in total. The highest BCUT2D eigenvalue weighted by Gasteiger charge is 2.24. The number of carbonyl (C=O) groups excluding carboxylic acids is 1. The minimum atomic E-state index is -3.80. The number of carbonyl (C=O) groups is 1. The molecule has 0 aliphatic rings. The van der Waals surface area contributed by atoms with Crippen LogP contribution in [0.2, 0.25) is 5.02 Å². The summed E-state index contributed by atoms with van der Waals surface area (Å²) in [7, 11) is -2.40. The number of hydrogen-bond donors (Lipinski definition) is 1. The van der Waals surface area contributed by atoms with Gasteiger partial charge < -0.3 is 9.47 Å². The van der Waals surface area contributed by atoms with Crippen molar-refractivity contribution in [2.75, 3.05) is 24.2 Å². The van der Waals surface area contributed by atoms with Crippen LogP contribution in [-0.2, 0) is 21.4 Å². The Morgan fingerprint density at radius 3 is 2.44 bits per heavy atom. The average molecular weight is 502 g/mol. The number of sulfonamides is 1. The summed E-state index contributed by atoms with van der Waals surface area (Å²) in [5.41, 5.74) is 4.28. The van der Waals surface area contributed by atoms with Gasteiger partial charge in [-0.3, -0.25) is 9.10 Å². The molecule has 0 saturated heterocycles. The number of benzene rings is 3. The second-order valence-electron chi connectivity index (χ2n) is 7.22. The van der Waals surface area contributed by atoms with E-state index in [4.69, 9.17) is 21.1 Å². The number of rotatable bonds is 10. The third kappa shape index (κ3) is 7.23. The SMILES string of the molecule is COc1ccc(Cl)cc1N(CC(=O)N/N=C\c1ccc(OCc2ccccc2)cc1)S(C)(=O)=O. The normalized spacial score (nSPS) is 11.3. The van der Waals surface area contributed by atoms with Gasteiger partial charge in [0.05, 0.1) is 25.3 Å². The summed E-state index contributed by atoms with van der Waals surface area (Å²) in [5.74, 6) is 0.330. The van der Waals surface area contributed by atoms with Gasteiger partial charge in [-0.25, -0.2) is 13.8 Å². The molecule has 10 heteroatoms. The summed E-state index contributed by atoms with van der Waals surface area (Å²) in [5, 5.41) is 4.21. The van der Waals surface area contributed by atoms with Gasteiger partial charge in [-0.2, -0.15) is 5.10 Å². The van der Waals surface area contributed by atoms with Gasteiger partial charge in [0.1, 0.15) is 24.7 Å². The van der Waals surface area contributed by atoms with Gasteiger partial charge in [-0.1, -0.05) is 41.9 Å². The quantitative estimate of drug-likeness (QED) is 0.336. The number of amides is 1. The summed E-state index contributed by atoms with van der Waals surface area (Å²) in [6.07, 6.45) is 2.44. The van der Waals surface area contributed by atoms with Crippen LogP contribution in [0.1, 0.15) is 11.1 Å². The van der Waals surface area contributed by atoms with Gasteiger partial charge in [-0.15, -0.1) is 0 Å². The number of methoxy groups -OCH3 is 1. The van der Waals surface area contributed by atoms with Crippen molar-refractivity contribution in [3.63, 3.8) is 0 Å². The number of nitrogens with one attached hydrogen (secondary N) is 1. The fraction of sp³-hybridized carbons (Fsp3) is 0.167. The molecular formula is C24H24ClN3O5S. The molecule has 3 rings (SSSR count). The zero-order valence-electron chi connectivity index (χ0n) is 18.6. The lowest BCUT2D eigenvalue weighted by atomic mass is 10.2. The molecule has 0 aliphatic carbocycles. The molecule has 3 aromatic carbocycles. The zero-order valence-corrected chi connectivity index (χ0v) is 20.2. The van der Waals surface area contributed by atoms with Crippen LogP contribution in [0.25, 0.3) is 0 Å². The van der Waals surface area contributed by atoms with Crippen LogP contribution in [-0.4, -0.2) is 40.4 Å². The highest BCUT2D eigenvalue weighted by molar-refractivity contribution is 7.92. The number of ether oxygens (including phenoxy) is 2. The van der Waals surface area contributed by atoms with Crippen LogP contribution in [0.15, 0.2) is 77.9 Å². The molecule has 0 spiro atoms. The summed E-state index contributed by atoms with van der Waals surface area (Å²) in [6, 6.07) is 21.5. The number of hydrazone groups is 1. The molecule has 0 unspecified atom stereocenters. The topological polar surface area (TPSA) is 97.3 Å². The molecule has 0 atom stereocenters. The zero-order chi connectivity index (χ0) is 24.6. The molecule has 0 radical (unpaired) electrons. The molecule has 1 N–H and O–H groups in total. The van der Waals surface area contributed by atoms with Crippen molar-refractivity contribution < 1.29 is 22.7 Å². The Bertz CT molecular complexity index is 1250. The van der Waals surface area contributed by atoms with Crippen molar-refractivity contribution in [1.29, 1.82) is 0 Å². The Hall–Kier alpha value is -3.56. The van der Waals surface area contributed by atoms with Crippen LogP contribution < -0.4 is 19.2 Å². The van der Waals surface area contributed by atoms with E-state index in [1.165, 1.54) is 25.5 Å². The minimum Gasteiger partial charge on any atom is -0.495 e. The van der Waals surface area contributed by atoms with Crippen molar-refractivity contribution in [2.45, 2.75) is 6.61 Å². The first-order chi connectivity index (χ1) is 16.3. The molecule has 1 amide bonds. The average Bonchev–Trinajstić information content (AvgIpc) is 2.82.